The maximum absolute atomic E-state index is 13.1. The minimum Gasteiger partial charge on any atom is -0.467 e. The van der Waals surface area contributed by atoms with Crippen LogP contribution in [0.1, 0.15) is 32.8 Å². The Morgan fingerprint density at radius 3 is 2.10 bits per heavy atom. The number of hydrogen-bond acceptors (Lipinski definition) is 3. The number of carbonyl (C=O) groups is 1. The van der Waals surface area contributed by atoms with Crippen molar-refractivity contribution in [1.82, 2.24) is 4.90 Å². The highest BCUT2D eigenvalue weighted by Gasteiger charge is 2.38. The van der Waals surface area contributed by atoms with E-state index in [-0.39, 0.29) is 19.2 Å². The second-order valence-electron chi connectivity index (χ2n) is 6.17. The fourth-order valence-electron chi connectivity index (χ4n) is 2.65. The van der Waals surface area contributed by atoms with Gasteiger partial charge in [0.2, 0.25) is 0 Å². The van der Waals surface area contributed by atoms with Crippen LogP contribution >= 0.6 is 11.3 Å². The lowest BCUT2D eigenvalue weighted by molar-refractivity contribution is -0.143. The molecule has 10 heteroatoms. The van der Waals surface area contributed by atoms with Gasteiger partial charge in [0.05, 0.1) is 23.9 Å². The Labute approximate surface area is 165 Å². The first-order valence-electron chi connectivity index (χ1n) is 8.16. The number of nitrogens with zero attached hydrogens (tertiary/aromatic N) is 1. The van der Waals surface area contributed by atoms with E-state index in [1.807, 2.05) is 0 Å². The summed E-state index contributed by atoms with van der Waals surface area (Å²) in [6.07, 6.45) is -8.71. The molecule has 154 valence electrons. The molecule has 1 aromatic carbocycles. The predicted octanol–water partition coefficient (Wildman–Crippen LogP) is 6.22. The van der Waals surface area contributed by atoms with Gasteiger partial charge in [-0.3, -0.25) is 4.79 Å². The van der Waals surface area contributed by atoms with Gasteiger partial charge in [-0.05, 0) is 52.7 Å². The van der Waals surface area contributed by atoms with Crippen LogP contribution in [0, 0.1) is 0 Å². The lowest BCUT2D eigenvalue weighted by Gasteiger charge is -2.23. The smallest absolute Gasteiger partial charge is 0.416 e. The predicted molar refractivity (Wildman–Crippen MR) is 93.1 cm³/mol. The third-order valence-electron chi connectivity index (χ3n) is 4.00. The molecule has 0 spiro atoms. The van der Waals surface area contributed by atoms with Gasteiger partial charge in [0, 0.05) is 12.1 Å². The first-order chi connectivity index (χ1) is 13.5. The van der Waals surface area contributed by atoms with E-state index in [1.165, 1.54) is 17.6 Å². The molecule has 0 atom stereocenters. The number of alkyl halides is 6. The SMILES string of the molecule is O=C(c1cc(C(F)(F)F)cc(C(F)(F)F)c1)N(Cc1ccsc1)Cc1ccco1. The summed E-state index contributed by atoms with van der Waals surface area (Å²) in [5, 5.41) is 3.48. The molecule has 0 aliphatic carbocycles. The Hall–Kier alpha value is -2.75. The number of thiophene rings is 1. The Kier molecular flexibility index (Phi) is 5.74. The van der Waals surface area contributed by atoms with Crippen molar-refractivity contribution in [2.24, 2.45) is 0 Å². The molecule has 0 aliphatic heterocycles. The largest absolute Gasteiger partial charge is 0.467 e. The zero-order valence-corrected chi connectivity index (χ0v) is 15.4. The fourth-order valence-corrected chi connectivity index (χ4v) is 3.31. The molecule has 0 N–H and O–H groups in total. The second kappa shape index (κ2) is 7.94. The first-order valence-corrected chi connectivity index (χ1v) is 9.10. The summed E-state index contributed by atoms with van der Waals surface area (Å²) in [5.74, 6) is -0.624. The highest BCUT2D eigenvalue weighted by Crippen LogP contribution is 2.36. The van der Waals surface area contributed by atoms with Crippen LogP contribution in [-0.2, 0) is 25.4 Å². The Bertz CT molecular complexity index is 893. The first kappa shape index (κ1) is 21.0. The Balaban J connectivity index is 2.01. The van der Waals surface area contributed by atoms with E-state index in [4.69, 9.17) is 4.42 Å². The zero-order valence-electron chi connectivity index (χ0n) is 14.6. The van der Waals surface area contributed by atoms with Crippen molar-refractivity contribution in [3.05, 3.63) is 81.4 Å². The summed E-state index contributed by atoms with van der Waals surface area (Å²) in [6, 6.07) is 5.68. The minimum atomic E-state index is -5.03. The molecule has 2 aromatic heterocycles. The van der Waals surface area contributed by atoms with Gasteiger partial charge in [-0.1, -0.05) is 0 Å². The average molecular weight is 433 g/mol. The van der Waals surface area contributed by atoms with Crippen LogP contribution in [0.25, 0.3) is 0 Å². The molecule has 0 aliphatic rings. The van der Waals surface area contributed by atoms with E-state index < -0.39 is 35.0 Å². The standard InChI is InChI=1S/C19H13F6NO2S/c20-18(21,22)14-6-13(7-15(8-14)19(23,24)25)17(27)26(9-12-3-5-29-11-12)10-16-2-1-4-28-16/h1-8,11H,9-10H2. The summed E-state index contributed by atoms with van der Waals surface area (Å²) in [6.45, 7) is -0.111. The fraction of sp³-hybridized carbons (Fsp3) is 0.211. The summed E-state index contributed by atoms with van der Waals surface area (Å²) >= 11 is 1.35. The molecular formula is C19H13F6NO2S. The molecule has 3 aromatic rings. The van der Waals surface area contributed by atoms with Gasteiger partial charge in [-0.15, -0.1) is 0 Å². The maximum Gasteiger partial charge on any atom is 0.416 e. The van der Waals surface area contributed by atoms with Gasteiger partial charge in [0.1, 0.15) is 5.76 Å². The van der Waals surface area contributed by atoms with Crippen LogP contribution in [0.2, 0.25) is 0 Å². The van der Waals surface area contributed by atoms with Crippen molar-refractivity contribution in [1.29, 1.82) is 0 Å². The molecule has 3 rings (SSSR count). The highest BCUT2D eigenvalue weighted by molar-refractivity contribution is 7.07. The van der Waals surface area contributed by atoms with Crippen LogP contribution < -0.4 is 0 Å². The number of furan rings is 1. The maximum atomic E-state index is 13.1. The van der Waals surface area contributed by atoms with Crippen molar-refractivity contribution in [3.8, 4) is 0 Å². The molecule has 2 heterocycles. The number of halogens is 6. The summed E-state index contributed by atoms with van der Waals surface area (Å²) in [5.41, 5.74) is -3.08. The second-order valence-corrected chi connectivity index (χ2v) is 6.95. The molecule has 0 bridgehead atoms. The number of amides is 1. The van der Waals surface area contributed by atoms with E-state index in [0.717, 1.165) is 4.90 Å². The van der Waals surface area contributed by atoms with Gasteiger partial charge in [-0.25, -0.2) is 0 Å². The molecule has 0 saturated heterocycles. The third kappa shape index (κ3) is 5.20. The van der Waals surface area contributed by atoms with Crippen LogP contribution in [0.5, 0.6) is 0 Å². The van der Waals surface area contributed by atoms with Crippen LogP contribution in [0.4, 0.5) is 26.3 Å². The van der Waals surface area contributed by atoms with Gasteiger partial charge in [0.25, 0.3) is 5.91 Å². The Morgan fingerprint density at radius 2 is 1.62 bits per heavy atom. The van der Waals surface area contributed by atoms with Gasteiger partial charge in [-0.2, -0.15) is 37.7 Å². The number of rotatable bonds is 5. The normalized spacial score (nSPS) is 12.2. The van der Waals surface area contributed by atoms with E-state index in [9.17, 15) is 31.1 Å². The van der Waals surface area contributed by atoms with E-state index in [2.05, 4.69) is 0 Å². The van der Waals surface area contributed by atoms with E-state index in [1.54, 1.807) is 29.0 Å². The van der Waals surface area contributed by atoms with Gasteiger partial charge >= 0.3 is 12.4 Å². The van der Waals surface area contributed by atoms with Gasteiger partial charge < -0.3 is 9.32 Å². The average Bonchev–Trinajstić information content (AvgIpc) is 3.32. The van der Waals surface area contributed by atoms with E-state index >= 15 is 0 Å². The molecule has 1 amide bonds. The van der Waals surface area contributed by atoms with Crippen molar-refractivity contribution in [3.63, 3.8) is 0 Å². The molecular weight excluding hydrogens is 420 g/mol. The zero-order chi connectivity index (χ0) is 21.2. The van der Waals surface area contributed by atoms with Gasteiger partial charge in [0.15, 0.2) is 0 Å². The molecule has 0 saturated carbocycles. The topological polar surface area (TPSA) is 33.5 Å². The monoisotopic (exact) mass is 433 g/mol. The number of carbonyl (C=O) groups excluding carboxylic acids is 1. The molecule has 0 fully saturated rings. The summed E-state index contributed by atoms with van der Waals surface area (Å²) < 4.78 is 83.8. The number of hydrogen-bond donors (Lipinski definition) is 0. The lowest BCUT2D eigenvalue weighted by Crippen LogP contribution is -2.30. The lowest BCUT2D eigenvalue weighted by atomic mass is 10.0. The summed E-state index contributed by atoms with van der Waals surface area (Å²) in [7, 11) is 0. The summed E-state index contributed by atoms with van der Waals surface area (Å²) in [4.78, 5) is 14.0. The quantitative estimate of drug-likeness (QED) is 0.448. The van der Waals surface area contributed by atoms with Crippen LogP contribution in [-0.4, -0.2) is 10.8 Å². The molecule has 0 unspecified atom stereocenters. The number of benzene rings is 1. The van der Waals surface area contributed by atoms with Crippen LogP contribution in [0.15, 0.2) is 57.8 Å². The molecule has 3 nitrogen and oxygen atoms in total. The minimum absolute atomic E-state index is 0.000625. The molecule has 0 radical (unpaired) electrons. The van der Waals surface area contributed by atoms with Crippen LogP contribution in [0.3, 0.4) is 0 Å². The van der Waals surface area contributed by atoms with Crippen molar-refractivity contribution in [2.45, 2.75) is 25.4 Å². The van der Waals surface area contributed by atoms with Crippen molar-refractivity contribution >= 4 is 17.2 Å². The van der Waals surface area contributed by atoms with E-state index in [0.29, 0.717) is 23.5 Å². The van der Waals surface area contributed by atoms with Crippen molar-refractivity contribution in [2.75, 3.05) is 0 Å². The van der Waals surface area contributed by atoms with Crippen molar-refractivity contribution < 1.29 is 35.6 Å². The third-order valence-corrected chi connectivity index (χ3v) is 4.73. The highest BCUT2D eigenvalue weighted by atomic mass is 32.1. The molecule has 29 heavy (non-hydrogen) atoms. The Morgan fingerprint density at radius 1 is 0.966 bits per heavy atom.